The molecule has 7 nitrogen and oxygen atoms in total. The SMILES string of the molecule is O=C1NC2(Oc3ccc(Br)cc3C3CC(c4ccccc4)=NN32)/C(=C/c2cn(-c3ccccc3)nc2-c2ccc(Cl)cc2)S1. The number of para-hydroxylation sites is 1. The second-order valence-electron chi connectivity index (χ2n) is 10.6. The van der Waals surface area contributed by atoms with Crippen molar-refractivity contribution in [2.45, 2.75) is 18.3 Å². The van der Waals surface area contributed by atoms with E-state index in [9.17, 15) is 4.79 Å². The zero-order valence-electron chi connectivity index (χ0n) is 23.0. The number of nitrogens with zero attached hydrogens (tertiary/aromatic N) is 4. The van der Waals surface area contributed by atoms with E-state index in [0.717, 1.165) is 55.6 Å². The van der Waals surface area contributed by atoms with Gasteiger partial charge in [0, 0.05) is 38.8 Å². The Labute approximate surface area is 271 Å². The lowest BCUT2D eigenvalue weighted by Crippen LogP contribution is -2.61. The fourth-order valence-corrected chi connectivity index (χ4v) is 7.28. The van der Waals surface area contributed by atoms with E-state index in [1.165, 1.54) is 0 Å². The van der Waals surface area contributed by atoms with Crippen molar-refractivity contribution in [1.82, 2.24) is 20.1 Å². The van der Waals surface area contributed by atoms with Crippen LogP contribution in [0.2, 0.25) is 5.02 Å². The summed E-state index contributed by atoms with van der Waals surface area (Å²) in [6.07, 6.45) is 4.61. The van der Waals surface area contributed by atoms with Crippen molar-refractivity contribution in [3.8, 4) is 22.7 Å². The van der Waals surface area contributed by atoms with Crippen LogP contribution in [0.4, 0.5) is 4.79 Å². The van der Waals surface area contributed by atoms with Crippen LogP contribution in [-0.4, -0.2) is 31.6 Å². The largest absolute Gasteiger partial charge is 0.444 e. The lowest BCUT2D eigenvalue weighted by atomic mass is 9.95. The van der Waals surface area contributed by atoms with Crippen LogP contribution < -0.4 is 10.1 Å². The molecule has 5 aromatic rings. The third kappa shape index (κ3) is 4.63. The summed E-state index contributed by atoms with van der Waals surface area (Å²) in [6, 6.07) is 33.4. The molecule has 2 unspecified atom stereocenters. The fourth-order valence-electron chi connectivity index (χ4n) is 5.87. The van der Waals surface area contributed by atoms with Crippen molar-refractivity contribution in [3.05, 3.63) is 140 Å². The van der Waals surface area contributed by atoms with Crippen molar-refractivity contribution >= 4 is 56.3 Å². The van der Waals surface area contributed by atoms with Gasteiger partial charge in [-0.05, 0) is 65.9 Å². The van der Waals surface area contributed by atoms with Crippen molar-refractivity contribution in [1.29, 1.82) is 0 Å². The summed E-state index contributed by atoms with van der Waals surface area (Å²) in [6.45, 7) is 0. The number of hydrogen-bond acceptors (Lipinski definition) is 6. The van der Waals surface area contributed by atoms with Crippen molar-refractivity contribution in [2.75, 3.05) is 0 Å². The molecule has 2 atom stereocenters. The Bertz CT molecular complexity index is 1980. The number of ether oxygens (including phenoxy) is 1. The molecule has 1 fully saturated rings. The number of nitrogens with one attached hydrogen (secondary N) is 1. The maximum absolute atomic E-state index is 13.3. The van der Waals surface area contributed by atoms with E-state index >= 15 is 0 Å². The smallest absolute Gasteiger partial charge is 0.314 e. The highest BCUT2D eigenvalue weighted by atomic mass is 79.9. The van der Waals surface area contributed by atoms with E-state index in [2.05, 4.69) is 39.4 Å². The first-order chi connectivity index (χ1) is 21.5. The molecule has 1 N–H and O–H groups in total. The van der Waals surface area contributed by atoms with Crippen LogP contribution in [0.25, 0.3) is 23.0 Å². The van der Waals surface area contributed by atoms with Gasteiger partial charge in [0.25, 0.3) is 5.24 Å². The molecule has 0 saturated carbocycles. The Morgan fingerprint density at radius 3 is 2.50 bits per heavy atom. The van der Waals surface area contributed by atoms with Crippen LogP contribution in [0.3, 0.4) is 0 Å². The molecule has 44 heavy (non-hydrogen) atoms. The van der Waals surface area contributed by atoms with Gasteiger partial charge in [-0.25, -0.2) is 9.69 Å². The summed E-state index contributed by atoms with van der Waals surface area (Å²) in [4.78, 5) is 13.9. The number of hydrogen-bond donors (Lipinski definition) is 1. The molecule has 3 aliphatic heterocycles. The van der Waals surface area contributed by atoms with E-state index in [-0.39, 0.29) is 11.3 Å². The highest BCUT2D eigenvalue weighted by Gasteiger charge is 2.58. The number of carbonyl (C=O) groups is 1. The monoisotopic (exact) mass is 679 g/mol. The Morgan fingerprint density at radius 1 is 0.977 bits per heavy atom. The van der Waals surface area contributed by atoms with Crippen LogP contribution >= 0.6 is 39.3 Å². The molecular formula is C34H23BrClN5O2S. The Hall–Kier alpha value is -4.31. The molecule has 1 spiro atoms. The van der Waals surface area contributed by atoms with Gasteiger partial charge in [0.15, 0.2) is 0 Å². The average Bonchev–Trinajstić information content (AvgIpc) is 3.76. The van der Waals surface area contributed by atoms with Gasteiger partial charge in [0.2, 0.25) is 0 Å². The normalized spacial score (nSPS) is 21.2. The lowest BCUT2D eigenvalue weighted by molar-refractivity contribution is -0.0949. The maximum Gasteiger partial charge on any atom is 0.314 e. The Morgan fingerprint density at radius 2 is 1.73 bits per heavy atom. The third-order valence-electron chi connectivity index (χ3n) is 7.90. The molecule has 3 aliphatic rings. The number of rotatable bonds is 4. The van der Waals surface area contributed by atoms with Crippen LogP contribution in [-0.2, 0) is 0 Å². The average molecular weight is 681 g/mol. The van der Waals surface area contributed by atoms with E-state index in [1.54, 1.807) is 0 Å². The van der Waals surface area contributed by atoms with Gasteiger partial charge >= 0.3 is 5.85 Å². The third-order valence-corrected chi connectivity index (χ3v) is 9.55. The summed E-state index contributed by atoms with van der Waals surface area (Å²) in [5.41, 5.74) is 6.35. The lowest BCUT2D eigenvalue weighted by Gasteiger charge is -2.45. The van der Waals surface area contributed by atoms with Gasteiger partial charge in [-0.15, -0.1) is 0 Å². The zero-order chi connectivity index (χ0) is 29.8. The number of carbonyl (C=O) groups excluding carboxylic acids is 1. The second-order valence-corrected chi connectivity index (χ2v) is 13.0. The molecule has 1 aromatic heterocycles. The van der Waals surface area contributed by atoms with Gasteiger partial charge in [-0.3, -0.25) is 10.1 Å². The van der Waals surface area contributed by atoms with E-state index in [0.29, 0.717) is 22.1 Å². The standard InChI is InChI=1S/C34H23BrClN5O2S/c35-24-13-16-30-27(18-24)29-19-28(21-7-3-1-4-8-21)38-41(29)34(43-30)31(44-33(42)37-34)17-23-20-40(26-9-5-2-6-10-26)39-32(23)22-11-14-25(36)15-12-22/h1-18,20,29H,19H2,(H,37,42)/b31-17-. The molecule has 1 amide bonds. The highest BCUT2D eigenvalue weighted by Crippen LogP contribution is 2.53. The first-order valence-corrected chi connectivity index (χ1v) is 16.0. The molecule has 0 aliphatic carbocycles. The molecule has 0 radical (unpaired) electrons. The Balaban J connectivity index is 1.30. The molecule has 1 saturated heterocycles. The van der Waals surface area contributed by atoms with Crippen molar-refractivity contribution in [2.24, 2.45) is 5.10 Å². The molecule has 0 bridgehead atoms. The highest BCUT2D eigenvalue weighted by molar-refractivity contribution is 9.10. The minimum absolute atomic E-state index is 0.156. The number of hydrazone groups is 1. The quantitative estimate of drug-likeness (QED) is 0.206. The first-order valence-electron chi connectivity index (χ1n) is 14.0. The van der Waals surface area contributed by atoms with Crippen LogP contribution in [0, 0.1) is 0 Å². The molecule has 8 rings (SSSR count). The summed E-state index contributed by atoms with van der Waals surface area (Å²) >= 11 is 11.0. The van der Waals surface area contributed by atoms with Gasteiger partial charge in [0.1, 0.15) is 5.75 Å². The minimum atomic E-state index is -1.34. The number of benzene rings is 4. The Kier molecular flexibility index (Phi) is 6.62. The molecule has 4 aromatic carbocycles. The van der Waals surface area contributed by atoms with E-state index in [1.807, 2.05) is 107 Å². The van der Waals surface area contributed by atoms with Crippen molar-refractivity contribution < 1.29 is 9.53 Å². The van der Waals surface area contributed by atoms with Gasteiger partial charge in [-0.2, -0.15) is 10.2 Å². The second kappa shape index (κ2) is 10.7. The van der Waals surface area contributed by atoms with Crippen LogP contribution in [0.15, 0.2) is 124 Å². The number of halogens is 2. The first kappa shape index (κ1) is 27.3. The zero-order valence-corrected chi connectivity index (χ0v) is 26.2. The molecule has 4 heterocycles. The topological polar surface area (TPSA) is 71.8 Å². The van der Waals surface area contributed by atoms with E-state index < -0.39 is 5.85 Å². The maximum atomic E-state index is 13.3. The fraction of sp³-hybridized carbons (Fsp3) is 0.0882. The van der Waals surface area contributed by atoms with E-state index in [4.69, 9.17) is 26.5 Å². The predicted octanol–water partition coefficient (Wildman–Crippen LogP) is 8.65. The van der Waals surface area contributed by atoms with Crippen LogP contribution in [0.5, 0.6) is 5.75 Å². The molecule has 10 heteroatoms. The number of thioether (sulfide) groups is 1. The summed E-state index contributed by atoms with van der Waals surface area (Å²) in [5.74, 6) is -0.638. The molecular weight excluding hydrogens is 658 g/mol. The van der Waals surface area contributed by atoms with Crippen molar-refractivity contribution in [3.63, 3.8) is 0 Å². The minimum Gasteiger partial charge on any atom is -0.444 e. The number of aromatic nitrogens is 2. The van der Waals surface area contributed by atoms with Gasteiger partial charge in [0.05, 0.1) is 28.0 Å². The summed E-state index contributed by atoms with van der Waals surface area (Å²) in [7, 11) is 0. The summed E-state index contributed by atoms with van der Waals surface area (Å²) in [5, 5.41) is 15.6. The number of fused-ring (bicyclic) bond motifs is 4. The summed E-state index contributed by atoms with van der Waals surface area (Å²) < 4.78 is 9.57. The van der Waals surface area contributed by atoms with Gasteiger partial charge in [-0.1, -0.05) is 88.2 Å². The number of amides is 1. The predicted molar refractivity (Wildman–Crippen MR) is 178 cm³/mol. The van der Waals surface area contributed by atoms with Gasteiger partial charge < -0.3 is 4.74 Å². The molecule has 216 valence electrons. The van der Waals surface area contributed by atoms with Crippen LogP contribution in [0.1, 0.15) is 29.2 Å².